The summed E-state index contributed by atoms with van der Waals surface area (Å²) in [6.07, 6.45) is 1.86. The zero-order valence-corrected chi connectivity index (χ0v) is 10.6. The monoisotopic (exact) mass is 249 g/mol. The summed E-state index contributed by atoms with van der Waals surface area (Å²) in [5.41, 5.74) is 1.80. The maximum atomic E-state index is 11.6. The molecule has 0 N–H and O–H groups in total. The average molecular weight is 249 g/mol. The first-order valence-corrected chi connectivity index (χ1v) is 5.67. The molecule has 0 aliphatic rings. The molecule has 0 saturated heterocycles. The van der Waals surface area contributed by atoms with E-state index in [0.29, 0.717) is 18.8 Å². The number of nitrogens with zero attached hydrogens (tertiary/aromatic N) is 5. The minimum Gasteiger partial charge on any atom is -0.461 e. The van der Waals surface area contributed by atoms with Gasteiger partial charge in [0.1, 0.15) is 0 Å². The van der Waals surface area contributed by atoms with Crippen molar-refractivity contribution in [3.63, 3.8) is 0 Å². The SMILES string of the molecule is CCOC(=O)c1nnn(Cc2ccn(C)n2)c1C. The van der Waals surface area contributed by atoms with Crippen LogP contribution in [0.15, 0.2) is 12.3 Å². The highest BCUT2D eigenvalue weighted by molar-refractivity contribution is 5.88. The van der Waals surface area contributed by atoms with Crippen LogP contribution in [-0.4, -0.2) is 37.4 Å². The van der Waals surface area contributed by atoms with Gasteiger partial charge in [-0.2, -0.15) is 5.10 Å². The first-order chi connectivity index (χ1) is 8.61. The number of carbonyl (C=O) groups excluding carboxylic acids is 1. The van der Waals surface area contributed by atoms with Gasteiger partial charge < -0.3 is 4.74 Å². The number of aryl methyl sites for hydroxylation is 1. The van der Waals surface area contributed by atoms with Crippen molar-refractivity contribution in [3.05, 3.63) is 29.3 Å². The highest BCUT2D eigenvalue weighted by Gasteiger charge is 2.17. The Morgan fingerprint density at radius 2 is 2.28 bits per heavy atom. The summed E-state index contributed by atoms with van der Waals surface area (Å²) < 4.78 is 8.25. The Hall–Kier alpha value is -2.18. The summed E-state index contributed by atoms with van der Waals surface area (Å²) in [5, 5.41) is 12.0. The van der Waals surface area contributed by atoms with E-state index in [1.807, 2.05) is 19.3 Å². The van der Waals surface area contributed by atoms with E-state index < -0.39 is 5.97 Å². The molecule has 7 heteroatoms. The molecule has 0 radical (unpaired) electrons. The van der Waals surface area contributed by atoms with Crippen molar-refractivity contribution in [2.24, 2.45) is 7.05 Å². The second-order valence-corrected chi connectivity index (χ2v) is 3.88. The van der Waals surface area contributed by atoms with Crippen LogP contribution in [0.5, 0.6) is 0 Å². The number of carbonyl (C=O) groups is 1. The average Bonchev–Trinajstić information content (AvgIpc) is 2.88. The quantitative estimate of drug-likeness (QED) is 0.739. The molecule has 0 aliphatic carbocycles. The van der Waals surface area contributed by atoms with Crippen molar-refractivity contribution in [1.29, 1.82) is 0 Å². The van der Waals surface area contributed by atoms with E-state index >= 15 is 0 Å². The molecule has 2 aromatic rings. The first kappa shape index (κ1) is 12.3. The van der Waals surface area contributed by atoms with E-state index in [0.717, 1.165) is 5.69 Å². The van der Waals surface area contributed by atoms with Gasteiger partial charge in [-0.15, -0.1) is 5.10 Å². The second kappa shape index (κ2) is 4.99. The Balaban J connectivity index is 2.18. The highest BCUT2D eigenvalue weighted by Crippen LogP contribution is 2.07. The molecule has 0 amide bonds. The molecular formula is C11H15N5O2. The topological polar surface area (TPSA) is 74.8 Å². The Kier molecular flexibility index (Phi) is 3.40. The first-order valence-electron chi connectivity index (χ1n) is 5.67. The van der Waals surface area contributed by atoms with Gasteiger partial charge in [-0.1, -0.05) is 5.21 Å². The van der Waals surface area contributed by atoms with Gasteiger partial charge in [-0.05, 0) is 19.9 Å². The smallest absolute Gasteiger partial charge is 0.360 e. The maximum Gasteiger partial charge on any atom is 0.360 e. The number of rotatable bonds is 4. The zero-order valence-electron chi connectivity index (χ0n) is 10.6. The number of ether oxygens (including phenoxy) is 1. The van der Waals surface area contributed by atoms with E-state index in [2.05, 4.69) is 15.4 Å². The fourth-order valence-electron chi connectivity index (χ4n) is 1.60. The Bertz CT molecular complexity index is 558. The zero-order chi connectivity index (χ0) is 13.1. The van der Waals surface area contributed by atoms with E-state index in [1.165, 1.54) is 0 Å². The molecule has 2 aromatic heterocycles. The fraction of sp³-hybridized carbons (Fsp3) is 0.455. The summed E-state index contributed by atoms with van der Waals surface area (Å²) in [6, 6.07) is 1.89. The minimum absolute atomic E-state index is 0.257. The van der Waals surface area contributed by atoms with Crippen molar-refractivity contribution >= 4 is 5.97 Å². The van der Waals surface area contributed by atoms with Crippen LogP contribution in [0.4, 0.5) is 0 Å². The van der Waals surface area contributed by atoms with Crippen molar-refractivity contribution < 1.29 is 9.53 Å². The van der Waals surface area contributed by atoms with E-state index in [1.54, 1.807) is 23.2 Å². The largest absolute Gasteiger partial charge is 0.461 e. The molecule has 0 aliphatic heterocycles. The summed E-state index contributed by atoms with van der Waals surface area (Å²) in [7, 11) is 1.85. The molecule has 0 atom stereocenters. The third-order valence-corrected chi connectivity index (χ3v) is 2.53. The lowest BCUT2D eigenvalue weighted by atomic mass is 10.3. The van der Waals surface area contributed by atoms with Gasteiger partial charge in [0.25, 0.3) is 0 Å². The van der Waals surface area contributed by atoms with Crippen LogP contribution in [0.2, 0.25) is 0 Å². The van der Waals surface area contributed by atoms with Crippen molar-refractivity contribution in [2.45, 2.75) is 20.4 Å². The summed E-state index contributed by atoms with van der Waals surface area (Å²) in [4.78, 5) is 11.6. The number of esters is 1. The minimum atomic E-state index is -0.442. The Labute approximate surface area is 104 Å². The molecule has 0 aromatic carbocycles. The lowest BCUT2D eigenvalue weighted by Gasteiger charge is -2.01. The molecule has 7 nitrogen and oxygen atoms in total. The van der Waals surface area contributed by atoms with Crippen LogP contribution in [0.1, 0.15) is 28.8 Å². The second-order valence-electron chi connectivity index (χ2n) is 3.88. The molecule has 2 rings (SSSR count). The summed E-state index contributed by atoms with van der Waals surface area (Å²) in [6.45, 7) is 4.35. The van der Waals surface area contributed by atoms with Crippen molar-refractivity contribution in [1.82, 2.24) is 24.8 Å². The van der Waals surface area contributed by atoms with Crippen LogP contribution in [0.25, 0.3) is 0 Å². The van der Waals surface area contributed by atoms with Crippen LogP contribution in [0, 0.1) is 6.92 Å². The number of hydrogen-bond acceptors (Lipinski definition) is 5. The van der Waals surface area contributed by atoms with E-state index in [9.17, 15) is 4.79 Å². The third kappa shape index (κ3) is 2.39. The Morgan fingerprint density at radius 3 is 2.89 bits per heavy atom. The predicted octanol–water partition coefficient (Wildman–Crippen LogP) is 0.545. The summed E-state index contributed by atoms with van der Waals surface area (Å²) >= 11 is 0. The molecule has 0 spiro atoms. The van der Waals surface area contributed by atoms with E-state index in [4.69, 9.17) is 4.74 Å². The lowest BCUT2D eigenvalue weighted by Crippen LogP contribution is -2.09. The number of aromatic nitrogens is 5. The van der Waals surface area contributed by atoms with Crippen LogP contribution in [-0.2, 0) is 18.3 Å². The molecular weight excluding hydrogens is 234 g/mol. The Morgan fingerprint density at radius 1 is 1.50 bits per heavy atom. The van der Waals surface area contributed by atoms with Gasteiger partial charge in [0.05, 0.1) is 24.5 Å². The van der Waals surface area contributed by atoms with Crippen LogP contribution < -0.4 is 0 Å². The molecule has 0 bridgehead atoms. The van der Waals surface area contributed by atoms with Crippen molar-refractivity contribution in [2.75, 3.05) is 6.61 Å². The molecule has 0 saturated carbocycles. The van der Waals surface area contributed by atoms with Crippen LogP contribution >= 0.6 is 0 Å². The van der Waals surface area contributed by atoms with Gasteiger partial charge in [0.2, 0.25) is 0 Å². The van der Waals surface area contributed by atoms with Gasteiger partial charge in [-0.25, -0.2) is 9.48 Å². The normalized spacial score (nSPS) is 10.6. The van der Waals surface area contributed by atoms with Gasteiger partial charge >= 0.3 is 5.97 Å². The molecule has 96 valence electrons. The maximum absolute atomic E-state index is 11.6. The fourth-order valence-corrected chi connectivity index (χ4v) is 1.60. The summed E-state index contributed by atoms with van der Waals surface area (Å²) in [5.74, 6) is -0.442. The molecule has 0 fully saturated rings. The predicted molar refractivity (Wildman–Crippen MR) is 63.0 cm³/mol. The third-order valence-electron chi connectivity index (χ3n) is 2.53. The van der Waals surface area contributed by atoms with Crippen molar-refractivity contribution in [3.8, 4) is 0 Å². The standard InChI is InChI=1S/C11H15N5O2/c1-4-18-11(17)10-8(2)16(14-12-10)7-9-5-6-15(3)13-9/h5-6H,4,7H2,1-3H3. The van der Waals surface area contributed by atoms with Gasteiger partial charge in [-0.3, -0.25) is 4.68 Å². The van der Waals surface area contributed by atoms with E-state index in [-0.39, 0.29) is 5.69 Å². The lowest BCUT2D eigenvalue weighted by molar-refractivity contribution is 0.0518. The molecule has 0 unspecified atom stereocenters. The molecule has 2 heterocycles. The van der Waals surface area contributed by atoms with Gasteiger partial charge in [0.15, 0.2) is 5.69 Å². The number of hydrogen-bond donors (Lipinski definition) is 0. The molecule has 18 heavy (non-hydrogen) atoms. The van der Waals surface area contributed by atoms with Crippen LogP contribution in [0.3, 0.4) is 0 Å². The highest BCUT2D eigenvalue weighted by atomic mass is 16.5. The van der Waals surface area contributed by atoms with Gasteiger partial charge in [0, 0.05) is 13.2 Å².